The van der Waals surface area contributed by atoms with E-state index in [1.165, 1.54) is 25.0 Å². The molecule has 1 aliphatic heterocycles. The lowest BCUT2D eigenvalue weighted by atomic mass is 9.85. The lowest BCUT2D eigenvalue weighted by Gasteiger charge is -2.24. The zero-order valence-corrected chi connectivity index (χ0v) is 15.0. The van der Waals surface area contributed by atoms with Crippen molar-refractivity contribution in [2.45, 2.75) is 56.5 Å². The van der Waals surface area contributed by atoms with Crippen LogP contribution in [0.1, 0.15) is 37.7 Å². The van der Waals surface area contributed by atoms with Crippen molar-refractivity contribution in [2.75, 3.05) is 13.2 Å². The fourth-order valence-corrected chi connectivity index (χ4v) is 3.88. The van der Waals surface area contributed by atoms with E-state index in [-0.39, 0.29) is 30.9 Å². The maximum atomic E-state index is 12.7. The SMILES string of the molecule is O=C(NCC(O)COc1cccc(C(F)(F)F)c1)C1CC2CCCCC2N1. The molecule has 8 heteroatoms. The Hall–Kier alpha value is -1.80. The summed E-state index contributed by atoms with van der Waals surface area (Å²) in [5.74, 6) is 0.419. The number of aliphatic hydroxyl groups is 1. The fourth-order valence-electron chi connectivity index (χ4n) is 3.88. The molecule has 1 saturated carbocycles. The molecule has 4 atom stereocenters. The normalized spacial score (nSPS) is 26.3. The van der Waals surface area contributed by atoms with Crippen LogP contribution in [0.2, 0.25) is 0 Å². The van der Waals surface area contributed by atoms with Crippen LogP contribution in [0, 0.1) is 5.92 Å². The summed E-state index contributed by atoms with van der Waals surface area (Å²) in [4.78, 5) is 12.3. The summed E-state index contributed by atoms with van der Waals surface area (Å²) < 4.78 is 43.3. The third kappa shape index (κ3) is 5.35. The summed E-state index contributed by atoms with van der Waals surface area (Å²) in [5.41, 5.74) is -0.809. The minimum Gasteiger partial charge on any atom is -0.491 e. The molecule has 1 aromatic rings. The van der Waals surface area contributed by atoms with Gasteiger partial charge in [-0.15, -0.1) is 0 Å². The molecule has 2 fully saturated rings. The van der Waals surface area contributed by atoms with Crippen LogP contribution < -0.4 is 15.4 Å². The van der Waals surface area contributed by atoms with Crippen molar-refractivity contribution in [3.63, 3.8) is 0 Å². The summed E-state index contributed by atoms with van der Waals surface area (Å²) in [6, 6.07) is 4.64. The molecule has 1 aromatic carbocycles. The van der Waals surface area contributed by atoms with Crippen molar-refractivity contribution in [3.05, 3.63) is 29.8 Å². The number of fused-ring (bicyclic) bond motifs is 1. The summed E-state index contributed by atoms with van der Waals surface area (Å²) in [5, 5.41) is 16.0. The summed E-state index contributed by atoms with van der Waals surface area (Å²) in [6.45, 7) is -0.212. The van der Waals surface area contributed by atoms with Gasteiger partial charge in [-0.3, -0.25) is 4.79 Å². The van der Waals surface area contributed by atoms with E-state index >= 15 is 0 Å². The number of ether oxygens (including phenoxy) is 1. The predicted molar refractivity (Wildman–Crippen MR) is 93.2 cm³/mol. The standard InChI is InChI=1S/C19H25F3N2O3/c20-19(21,22)13-5-3-6-15(9-13)27-11-14(25)10-23-18(26)17-8-12-4-1-2-7-16(12)24-17/h3,5-6,9,12,14,16-17,24-25H,1-2,4,7-8,10-11H2,(H,23,26). The highest BCUT2D eigenvalue weighted by atomic mass is 19.4. The Balaban J connectivity index is 1.41. The Labute approximate surface area is 156 Å². The van der Waals surface area contributed by atoms with Crippen molar-refractivity contribution in [1.82, 2.24) is 10.6 Å². The van der Waals surface area contributed by atoms with E-state index in [2.05, 4.69) is 10.6 Å². The summed E-state index contributed by atoms with van der Waals surface area (Å²) in [6.07, 6.45) is 0.00508. The molecular weight excluding hydrogens is 361 g/mol. The lowest BCUT2D eigenvalue weighted by molar-refractivity contribution is -0.137. The van der Waals surface area contributed by atoms with E-state index in [1.54, 1.807) is 0 Å². The Morgan fingerprint density at radius 2 is 2.11 bits per heavy atom. The Bertz CT molecular complexity index is 639. The van der Waals surface area contributed by atoms with Gasteiger partial charge < -0.3 is 20.5 Å². The average molecular weight is 386 g/mol. The number of amides is 1. The number of hydrogen-bond donors (Lipinski definition) is 3. The van der Waals surface area contributed by atoms with Crippen LogP contribution in [-0.2, 0) is 11.0 Å². The second kappa shape index (κ2) is 8.48. The van der Waals surface area contributed by atoms with Gasteiger partial charge in [0.15, 0.2) is 0 Å². The van der Waals surface area contributed by atoms with Gasteiger partial charge in [0.1, 0.15) is 18.5 Å². The topological polar surface area (TPSA) is 70.6 Å². The molecule has 3 rings (SSSR count). The van der Waals surface area contributed by atoms with Gasteiger partial charge in [0, 0.05) is 12.6 Å². The van der Waals surface area contributed by atoms with Crippen molar-refractivity contribution < 1.29 is 27.8 Å². The quantitative estimate of drug-likeness (QED) is 0.703. The number of carbonyl (C=O) groups is 1. The molecule has 1 aliphatic carbocycles. The molecule has 0 aromatic heterocycles. The van der Waals surface area contributed by atoms with E-state index < -0.39 is 17.8 Å². The number of halogens is 3. The van der Waals surface area contributed by atoms with E-state index in [0.717, 1.165) is 31.4 Å². The Morgan fingerprint density at radius 3 is 2.85 bits per heavy atom. The van der Waals surface area contributed by atoms with Crippen LogP contribution in [0.3, 0.4) is 0 Å². The van der Waals surface area contributed by atoms with Crippen LogP contribution in [0.15, 0.2) is 24.3 Å². The minimum atomic E-state index is -4.45. The van der Waals surface area contributed by atoms with Gasteiger partial charge in [0.2, 0.25) is 5.91 Å². The molecule has 27 heavy (non-hydrogen) atoms. The summed E-state index contributed by atoms with van der Waals surface area (Å²) in [7, 11) is 0. The molecule has 5 nitrogen and oxygen atoms in total. The minimum absolute atomic E-state index is 0.00862. The molecule has 0 bridgehead atoms. The van der Waals surface area contributed by atoms with Gasteiger partial charge in [-0.25, -0.2) is 0 Å². The first-order valence-electron chi connectivity index (χ1n) is 9.35. The fraction of sp³-hybridized carbons (Fsp3) is 0.632. The maximum Gasteiger partial charge on any atom is 0.416 e. The molecule has 1 saturated heterocycles. The molecule has 3 N–H and O–H groups in total. The molecule has 0 spiro atoms. The molecule has 150 valence electrons. The molecular formula is C19H25F3N2O3. The zero-order chi connectivity index (χ0) is 19.4. The predicted octanol–water partition coefficient (Wildman–Crippen LogP) is 2.48. The first-order valence-corrected chi connectivity index (χ1v) is 9.35. The van der Waals surface area contributed by atoms with Crippen molar-refractivity contribution in [3.8, 4) is 5.75 Å². The zero-order valence-electron chi connectivity index (χ0n) is 15.0. The molecule has 1 heterocycles. The van der Waals surface area contributed by atoms with Crippen LogP contribution >= 0.6 is 0 Å². The molecule has 0 radical (unpaired) electrons. The van der Waals surface area contributed by atoms with Gasteiger partial charge in [-0.1, -0.05) is 18.9 Å². The Kier molecular flexibility index (Phi) is 6.26. The Morgan fingerprint density at radius 1 is 1.33 bits per heavy atom. The molecule has 4 unspecified atom stereocenters. The number of aliphatic hydroxyl groups excluding tert-OH is 1. The number of rotatable bonds is 6. The first-order chi connectivity index (χ1) is 12.8. The van der Waals surface area contributed by atoms with Gasteiger partial charge >= 0.3 is 6.18 Å². The van der Waals surface area contributed by atoms with Crippen molar-refractivity contribution >= 4 is 5.91 Å². The largest absolute Gasteiger partial charge is 0.491 e. The van der Waals surface area contributed by atoms with Crippen LogP contribution in [0.25, 0.3) is 0 Å². The highest BCUT2D eigenvalue weighted by Gasteiger charge is 2.38. The highest BCUT2D eigenvalue weighted by Crippen LogP contribution is 2.33. The lowest BCUT2D eigenvalue weighted by Crippen LogP contribution is -2.45. The number of hydrogen-bond acceptors (Lipinski definition) is 4. The van der Waals surface area contributed by atoms with Gasteiger partial charge in [-0.2, -0.15) is 13.2 Å². The van der Waals surface area contributed by atoms with Gasteiger partial charge in [-0.05, 0) is 43.4 Å². The highest BCUT2D eigenvalue weighted by molar-refractivity contribution is 5.82. The van der Waals surface area contributed by atoms with Crippen molar-refractivity contribution in [2.24, 2.45) is 5.92 Å². The van der Waals surface area contributed by atoms with Crippen LogP contribution in [0.4, 0.5) is 13.2 Å². The third-order valence-electron chi connectivity index (χ3n) is 5.29. The van der Waals surface area contributed by atoms with E-state index in [0.29, 0.717) is 12.0 Å². The number of nitrogens with one attached hydrogen (secondary N) is 2. The van der Waals surface area contributed by atoms with Crippen molar-refractivity contribution in [1.29, 1.82) is 0 Å². The first kappa shape index (κ1) is 19.9. The molecule has 1 amide bonds. The van der Waals surface area contributed by atoms with Crippen LogP contribution in [-0.4, -0.2) is 42.4 Å². The van der Waals surface area contributed by atoms with Crippen LogP contribution in [0.5, 0.6) is 5.75 Å². The van der Waals surface area contributed by atoms with Gasteiger partial charge in [0.05, 0.1) is 11.6 Å². The number of alkyl halides is 3. The average Bonchev–Trinajstić information content (AvgIpc) is 3.08. The molecule has 2 aliphatic rings. The van der Waals surface area contributed by atoms with Gasteiger partial charge in [0.25, 0.3) is 0 Å². The second-order valence-electron chi connectivity index (χ2n) is 7.34. The third-order valence-corrected chi connectivity index (χ3v) is 5.29. The monoisotopic (exact) mass is 386 g/mol. The van der Waals surface area contributed by atoms with E-state index in [1.807, 2.05) is 0 Å². The van der Waals surface area contributed by atoms with E-state index in [4.69, 9.17) is 4.74 Å². The number of carbonyl (C=O) groups excluding carboxylic acids is 1. The number of benzene rings is 1. The second-order valence-corrected chi connectivity index (χ2v) is 7.34. The van der Waals surface area contributed by atoms with E-state index in [9.17, 15) is 23.1 Å². The maximum absolute atomic E-state index is 12.7. The summed E-state index contributed by atoms with van der Waals surface area (Å²) >= 11 is 0. The smallest absolute Gasteiger partial charge is 0.416 e.